The highest BCUT2D eigenvalue weighted by Gasteiger charge is 2.38. The Morgan fingerprint density at radius 3 is 2.90 bits per heavy atom. The molecule has 110 valence electrons. The van der Waals surface area contributed by atoms with Crippen LogP contribution in [0.2, 0.25) is 0 Å². The van der Waals surface area contributed by atoms with Gasteiger partial charge >= 0.3 is 0 Å². The monoisotopic (exact) mass is 276 g/mol. The highest BCUT2D eigenvalue weighted by Crippen LogP contribution is 2.32. The molecule has 1 heterocycles. The zero-order valence-electron chi connectivity index (χ0n) is 12.1. The molecule has 0 aliphatic carbocycles. The van der Waals surface area contributed by atoms with Crippen LogP contribution in [0.1, 0.15) is 38.2 Å². The third kappa shape index (κ3) is 3.31. The van der Waals surface area contributed by atoms with Crippen molar-refractivity contribution in [3.05, 3.63) is 29.8 Å². The zero-order chi connectivity index (χ0) is 14.4. The van der Waals surface area contributed by atoms with Crippen LogP contribution in [0.3, 0.4) is 0 Å². The number of rotatable bonds is 5. The normalized spacial score (nSPS) is 22.4. The molecule has 1 atom stereocenters. The van der Waals surface area contributed by atoms with Crippen molar-refractivity contribution >= 4 is 5.91 Å². The molecule has 3 N–H and O–H groups in total. The maximum atomic E-state index is 12.6. The number of phenols is 1. The van der Waals surface area contributed by atoms with Gasteiger partial charge in [0.2, 0.25) is 5.91 Å². The van der Waals surface area contributed by atoms with Crippen LogP contribution in [0.25, 0.3) is 0 Å². The largest absolute Gasteiger partial charge is 0.508 e. The van der Waals surface area contributed by atoms with E-state index in [0.29, 0.717) is 6.54 Å². The van der Waals surface area contributed by atoms with Crippen LogP contribution in [0, 0.1) is 5.41 Å². The van der Waals surface area contributed by atoms with Crippen LogP contribution in [-0.4, -0.2) is 24.1 Å². The van der Waals surface area contributed by atoms with Crippen LogP contribution in [0.15, 0.2) is 24.3 Å². The number of amides is 1. The molecule has 0 saturated carbocycles. The Kier molecular flexibility index (Phi) is 5.01. The van der Waals surface area contributed by atoms with Crippen LogP contribution >= 0.6 is 0 Å². The number of phenolic OH excluding ortho intramolecular Hbond substituents is 1. The summed E-state index contributed by atoms with van der Waals surface area (Å²) in [6.45, 7) is 4.26. The van der Waals surface area contributed by atoms with Gasteiger partial charge in [-0.3, -0.25) is 4.79 Å². The molecule has 1 fully saturated rings. The van der Waals surface area contributed by atoms with E-state index in [0.717, 1.165) is 44.3 Å². The van der Waals surface area contributed by atoms with E-state index in [-0.39, 0.29) is 17.1 Å². The van der Waals surface area contributed by atoms with Gasteiger partial charge in [0.1, 0.15) is 5.75 Å². The predicted octanol–water partition coefficient (Wildman–Crippen LogP) is 2.18. The first-order valence-electron chi connectivity index (χ1n) is 7.44. The number of nitrogens with one attached hydrogen (secondary N) is 2. The van der Waals surface area contributed by atoms with E-state index >= 15 is 0 Å². The van der Waals surface area contributed by atoms with Gasteiger partial charge in [-0.05, 0) is 31.9 Å². The fourth-order valence-electron chi connectivity index (χ4n) is 2.99. The molecule has 1 amide bonds. The van der Waals surface area contributed by atoms with Crippen LogP contribution in [-0.2, 0) is 11.3 Å². The lowest BCUT2D eigenvalue weighted by Gasteiger charge is -2.36. The van der Waals surface area contributed by atoms with E-state index < -0.39 is 0 Å². The Morgan fingerprint density at radius 2 is 2.25 bits per heavy atom. The second-order valence-electron chi connectivity index (χ2n) is 5.62. The number of carbonyl (C=O) groups excluding carboxylic acids is 1. The summed E-state index contributed by atoms with van der Waals surface area (Å²) in [6, 6.07) is 7.13. The van der Waals surface area contributed by atoms with Gasteiger partial charge in [-0.1, -0.05) is 31.5 Å². The van der Waals surface area contributed by atoms with Crippen molar-refractivity contribution < 1.29 is 9.90 Å². The third-order valence-corrected chi connectivity index (χ3v) is 4.11. The van der Waals surface area contributed by atoms with Gasteiger partial charge in [-0.15, -0.1) is 0 Å². The molecule has 0 aromatic heterocycles. The first kappa shape index (κ1) is 14.9. The molecule has 1 aromatic carbocycles. The minimum Gasteiger partial charge on any atom is -0.508 e. The summed E-state index contributed by atoms with van der Waals surface area (Å²) in [4.78, 5) is 12.6. The molecule has 0 bridgehead atoms. The number of piperidine rings is 1. The molecule has 1 aliphatic rings. The molecule has 2 rings (SSSR count). The average Bonchev–Trinajstić information content (AvgIpc) is 2.47. The maximum absolute atomic E-state index is 12.6. The smallest absolute Gasteiger partial charge is 0.227 e. The first-order chi connectivity index (χ1) is 9.68. The van der Waals surface area contributed by atoms with Crippen molar-refractivity contribution in [2.45, 2.75) is 39.2 Å². The van der Waals surface area contributed by atoms with Crippen molar-refractivity contribution in [2.75, 3.05) is 13.1 Å². The van der Waals surface area contributed by atoms with Crippen LogP contribution in [0.4, 0.5) is 0 Å². The van der Waals surface area contributed by atoms with Gasteiger partial charge in [-0.25, -0.2) is 0 Å². The summed E-state index contributed by atoms with van der Waals surface area (Å²) < 4.78 is 0. The maximum Gasteiger partial charge on any atom is 0.227 e. The number of hydrogen-bond donors (Lipinski definition) is 3. The van der Waals surface area contributed by atoms with Gasteiger partial charge < -0.3 is 15.7 Å². The van der Waals surface area contributed by atoms with Crippen molar-refractivity contribution in [3.63, 3.8) is 0 Å². The third-order valence-electron chi connectivity index (χ3n) is 4.11. The second kappa shape index (κ2) is 6.75. The number of para-hydroxylation sites is 1. The van der Waals surface area contributed by atoms with E-state index in [2.05, 4.69) is 17.6 Å². The van der Waals surface area contributed by atoms with Crippen molar-refractivity contribution in [1.29, 1.82) is 0 Å². The fourth-order valence-corrected chi connectivity index (χ4v) is 2.99. The fraction of sp³-hybridized carbons (Fsp3) is 0.562. The molecular weight excluding hydrogens is 252 g/mol. The minimum atomic E-state index is -0.280. The summed E-state index contributed by atoms with van der Waals surface area (Å²) in [5.41, 5.74) is 0.480. The van der Waals surface area contributed by atoms with Gasteiger partial charge in [0.25, 0.3) is 0 Å². The summed E-state index contributed by atoms with van der Waals surface area (Å²) >= 11 is 0. The van der Waals surface area contributed by atoms with Crippen molar-refractivity contribution in [2.24, 2.45) is 5.41 Å². The Labute approximate surface area is 120 Å². The molecule has 1 aliphatic heterocycles. The molecule has 0 radical (unpaired) electrons. The Morgan fingerprint density at radius 1 is 1.45 bits per heavy atom. The molecule has 4 nitrogen and oxygen atoms in total. The molecular formula is C16H24N2O2. The van der Waals surface area contributed by atoms with Crippen LogP contribution in [0.5, 0.6) is 5.75 Å². The SMILES string of the molecule is CCCC1(C(=O)NCc2ccccc2O)CCCNC1. The van der Waals surface area contributed by atoms with E-state index in [9.17, 15) is 9.90 Å². The molecule has 4 heteroatoms. The average molecular weight is 276 g/mol. The molecule has 1 saturated heterocycles. The summed E-state index contributed by atoms with van der Waals surface area (Å²) in [5, 5.41) is 16.1. The minimum absolute atomic E-state index is 0.106. The number of carbonyl (C=O) groups is 1. The predicted molar refractivity (Wildman–Crippen MR) is 79.4 cm³/mol. The lowest BCUT2D eigenvalue weighted by atomic mass is 9.76. The molecule has 1 aromatic rings. The lowest BCUT2D eigenvalue weighted by Crippen LogP contribution is -2.50. The summed E-state index contributed by atoms with van der Waals surface area (Å²) in [6.07, 6.45) is 3.91. The highest BCUT2D eigenvalue weighted by molar-refractivity contribution is 5.83. The van der Waals surface area contributed by atoms with E-state index in [1.54, 1.807) is 12.1 Å². The topological polar surface area (TPSA) is 61.4 Å². The Bertz CT molecular complexity index is 448. The zero-order valence-corrected chi connectivity index (χ0v) is 12.1. The van der Waals surface area contributed by atoms with Gasteiger partial charge in [0, 0.05) is 18.7 Å². The first-order valence-corrected chi connectivity index (χ1v) is 7.44. The van der Waals surface area contributed by atoms with E-state index in [1.807, 2.05) is 12.1 Å². The van der Waals surface area contributed by atoms with Crippen molar-refractivity contribution in [1.82, 2.24) is 10.6 Å². The van der Waals surface area contributed by atoms with Gasteiger partial charge in [0.15, 0.2) is 0 Å². The standard InChI is InChI=1S/C16H24N2O2/c1-2-8-16(9-5-10-17-12-16)15(20)18-11-13-6-3-4-7-14(13)19/h3-4,6-7,17,19H,2,5,8-12H2,1H3,(H,18,20). The van der Waals surface area contributed by atoms with Crippen LogP contribution < -0.4 is 10.6 Å². The summed E-state index contributed by atoms with van der Waals surface area (Å²) in [7, 11) is 0. The van der Waals surface area contributed by atoms with E-state index in [1.165, 1.54) is 0 Å². The van der Waals surface area contributed by atoms with Gasteiger partial charge in [0.05, 0.1) is 5.41 Å². The number of aromatic hydroxyl groups is 1. The quantitative estimate of drug-likeness (QED) is 0.772. The Balaban J connectivity index is 2.00. The molecule has 20 heavy (non-hydrogen) atoms. The lowest BCUT2D eigenvalue weighted by molar-refractivity contribution is -0.132. The molecule has 0 spiro atoms. The Hall–Kier alpha value is -1.55. The summed E-state index contributed by atoms with van der Waals surface area (Å²) in [5.74, 6) is 0.342. The van der Waals surface area contributed by atoms with Gasteiger partial charge in [-0.2, -0.15) is 0 Å². The number of benzene rings is 1. The number of hydrogen-bond acceptors (Lipinski definition) is 3. The van der Waals surface area contributed by atoms with Crippen molar-refractivity contribution in [3.8, 4) is 5.75 Å². The molecule has 1 unspecified atom stereocenters. The highest BCUT2D eigenvalue weighted by atomic mass is 16.3. The second-order valence-corrected chi connectivity index (χ2v) is 5.62. The van der Waals surface area contributed by atoms with E-state index in [4.69, 9.17) is 0 Å².